The van der Waals surface area contributed by atoms with E-state index in [2.05, 4.69) is 10.5 Å². The first-order valence-electron chi connectivity index (χ1n) is 8.04. The minimum Gasteiger partial charge on any atom is -0.490 e. The molecule has 0 aliphatic rings. The fraction of sp³-hybridized carbons (Fsp3) is 0.263. The Hall–Kier alpha value is -3.02. The van der Waals surface area contributed by atoms with Crippen LogP contribution >= 0.6 is 0 Å². The van der Waals surface area contributed by atoms with Crippen LogP contribution in [0.4, 0.5) is 5.69 Å². The first-order valence-corrected chi connectivity index (χ1v) is 8.04. The van der Waals surface area contributed by atoms with Crippen molar-refractivity contribution < 1.29 is 14.3 Å². The Kier molecular flexibility index (Phi) is 6.83. The highest BCUT2D eigenvalue weighted by Gasteiger charge is 2.06. The second-order valence-electron chi connectivity index (χ2n) is 5.45. The standard InChI is InChI=1S/C19H23N3O3/c1-4-24-17-7-5-6-8-18(17)25-14-19(23)21-20-13-15-9-11-16(12-10-15)22(2)3/h5-13H,4,14H2,1-3H3,(H,21,23)/b20-13-. The van der Waals surface area contributed by atoms with E-state index in [1.807, 2.05) is 62.3 Å². The number of benzene rings is 2. The maximum atomic E-state index is 11.8. The van der Waals surface area contributed by atoms with Crippen molar-refractivity contribution in [2.45, 2.75) is 6.92 Å². The van der Waals surface area contributed by atoms with Gasteiger partial charge in [0, 0.05) is 19.8 Å². The second-order valence-corrected chi connectivity index (χ2v) is 5.45. The highest BCUT2D eigenvalue weighted by Crippen LogP contribution is 2.26. The molecular weight excluding hydrogens is 318 g/mol. The molecular formula is C19H23N3O3. The summed E-state index contributed by atoms with van der Waals surface area (Å²) in [5.41, 5.74) is 4.44. The Bertz CT molecular complexity index is 712. The molecule has 1 N–H and O–H groups in total. The number of amides is 1. The Labute approximate surface area is 148 Å². The van der Waals surface area contributed by atoms with Gasteiger partial charge < -0.3 is 14.4 Å². The molecule has 0 bridgehead atoms. The number of hydrogen-bond acceptors (Lipinski definition) is 5. The molecule has 0 saturated heterocycles. The van der Waals surface area contributed by atoms with E-state index in [1.54, 1.807) is 18.3 Å². The fourth-order valence-corrected chi connectivity index (χ4v) is 2.06. The highest BCUT2D eigenvalue weighted by atomic mass is 16.5. The zero-order chi connectivity index (χ0) is 18.1. The summed E-state index contributed by atoms with van der Waals surface area (Å²) in [4.78, 5) is 13.8. The SMILES string of the molecule is CCOc1ccccc1OCC(=O)N/N=C\c1ccc(N(C)C)cc1. The van der Waals surface area contributed by atoms with Crippen molar-refractivity contribution >= 4 is 17.8 Å². The lowest BCUT2D eigenvalue weighted by molar-refractivity contribution is -0.123. The van der Waals surface area contributed by atoms with Crippen LogP contribution in [0.2, 0.25) is 0 Å². The maximum absolute atomic E-state index is 11.8. The van der Waals surface area contributed by atoms with E-state index in [9.17, 15) is 4.79 Å². The average molecular weight is 341 g/mol. The first-order chi connectivity index (χ1) is 12.1. The van der Waals surface area contributed by atoms with Crippen molar-refractivity contribution in [2.75, 3.05) is 32.2 Å². The van der Waals surface area contributed by atoms with Crippen LogP contribution in [0.15, 0.2) is 53.6 Å². The van der Waals surface area contributed by atoms with E-state index in [4.69, 9.17) is 9.47 Å². The van der Waals surface area contributed by atoms with E-state index in [-0.39, 0.29) is 12.5 Å². The van der Waals surface area contributed by atoms with Gasteiger partial charge in [0.05, 0.1) is 12.8 Å². The Balaban J connectivity index is 1.82. The van der Waals surface area contributed by atoms with Crippen LogP contribution in [0.5, 0.6) is 11.5 Å². The molecule has 2 aromatic rings. The summed E-state index contributed by atoms with van der Waals surface area (Å²) in [6.45, 7) is 2.29. The predicted molar refractivity (Wildman–Crippen MR) is 99.6 cm³/mol. The van der Waals surface area contributed by atoms with E-state index in [0.717, 1.165) is 11.3 Å². The second kappa shape index (κ2) is 9.32. The number of ether oxygens (including phenoxy) is 2. The summed E-state index contributed by atoms with van der Waals surface area (Å²) < 4.78 is 10.9. The third-order valence-corrected chi connectivity index (χ3v) is 3.32. The quantitative estimate of drug-likeness (QED) is 0.592. The number of carbonyl (C=O) groups excluding carboxylic acids is 1. The van der Waals surface area contributed by atoms with Crippen molar-refractivity contribution in [2.24, 2.45) is 5.10 Å². The van der Waals surface area contributed by atoms with E-state index < -0.39 is 0 Å². The number of nitrogens with zero attached hydrogens (tertiary/aromatic N) is 2. The largest absolute Gasteiger partial charge is 0.490 e. The van der Waals surface area contributed by atoms with Gasteiger partial charge >= 0.3 is 0 Å². The van der Waals surface area contributed by atoms with Gasteiger partial charge in [0.1, 0.15) is 0 Å². The molecule has 2 aromatic carbocycles. The average Bonchev–Trinajstić information content (AvgIpc) is 2.62. The Morgan fingerprint density at radius 1 is 1.08 bits per heavy atom. The van der Waals surface area contributed by atoms with Gasteiger partial charge in [-0.3, -0.25) is 4.79 Å². The molecule has 1 amide bonds. The van der Waals surface area contributed by atoms with Gasteiger partial charge in [0.2, 0.25) is 0 Å². The van der Waals surface area contributed by atoms with Gasteiger partial charge in [-0.1, -0.05) is 24.3 Å². The van der Waals surface area contributed by atoms with E-state index in [1.165, 1.54) is 0 Å². The third kappa shape index (κ3) is 5.84. The third-order valence-electron chi connectivity index (χ3n) is 3.32. The smallest absolute Gasteiger partial charge is 0.277 e. The van der Waals surface area contributed by atoms with Crippen LogP contribution in [0.25, 0.3) is 0 Å². The van der Waals surface area contributed by atoms with Crippen molar-refractivity contribution in [1.29, 1.82) is 0 Å². The van der Waals surface area contributed by atoms with E-state index in [0.29, 0.717) is 18.1 Å². The molecule has 25 heavy (non-hydrogen) atoms. The fourth-order valence-electron chi connectivity index (χ4n) is 2.06. The number of hydrazone groups is 1. The van der Waals surface area contributed by atoms with Gasteiger partial charge in [0.25, 0.3) is 5.91 Å². The van der Waals surface area contributed by atoms with Crippen LogP contribution in [-0.4, -0.2) is 39.4 Å². The number of nitrogens with one attached hydrogen (secondary N) is 1. The molecule has 0 aromatic heterocycles. The molecule has 0 aliphatic carbocycles. The van der Waals surface area contributed by atoms with Gasteiger partial charge in [-0.15, -0.1) is 0 Å². The van der Waals surface area contributed by atoms with E-state index >= 15 is 0 Å². The molecule has 0 heterocycles. The lowest BCUT2D eigenvalue weighted by Gasteiger charge is -2.11. The highest BCUT2D eigenvalue weighted by molar-refractivity contribution is 5.83. The number of rotatable bonds is 8. The minimum absolute atomic E-state index is 0.138. The number of hydrogen-bond donors (Lipinski definition) is 1. The van der Waals surface area contributed by atoms with Gasteiger partial charge in [-0.25, -0.2) is 5.43 Å². The normalized spacial score (nSPS) is 10.5. The van der Waals surface area contributed by atoms with Crippen LogP contribution in [0.1, 0.15) is 12.5 Å². The molecule has 6 heteroatoms. The zero-order valence-electron chi connectivity index (χ0n) is 14.7. The summed E-state index contributed by atoms with van der Waals surface area (Å²) in [6, 6.07) is 15.1. The first kappa shape index (κ1) is 18.3. The Morgan fingerprint density at radius 3 is 2.32 bits per heavy atom. The van der Waals surface area contributed by atoms with Crippen molar-refractivity contribution in [3.63, 3.8) is 0 Å². The molecule has 0 saturated carbocycles. The van der Waals surface area contributed by atoms with Crippen molar-refractivity contribution in [3.8, 4) is 11.5 Å². The summed E-state index contributed by atoms with van der Waals surface area (Å²) in [6.07, 6.45) is 1.59. The molecule has 132 valence electrons. The molecule has 2 rings (SSSR count). The molecule has 0 atom stereocenters. The van der Waals surface area contributed by atoms with Crippen molar-refractivity contribution in [1.82, 2.24) is 5.43 Å². The lowest BCUT2D eigenvalue weighted by Crippen LogP contribution is -2.24. The maximum Gasteiger partial charge on any atom is 0.277 e. The molecule has 0 fully saturated rings. The summed E-state index contributed by atoms with van der Waals surface area (Å²) in [7, 11) is 3.96. The van der Waals surface area contributed by atoms with Crippen LogP contribution in [0.3, 0.4) is 0 Å². The molecule has 0 aliphatic heterocycles. The summed E-state index contributed by atoms with van der Waals surface area (Å²) in [5.74, 6) is 0.803. The van der Waals surface area contributed by atoms with Crippen molar-refractivity contribution in [3.05, 3.63) is 54.1 Å². The number of carbonyl (C=O) groups is 1. The predicted octanol–water partition coefficient (Wildman–Crippen LogP) is 2.68. The van der Waals surface area contributed by atoms with Gasteiger partial charge in [-0.05, 0) is 36.8 Å². The molecule has 0 radical (unpaired) electrons. The molecule has 6 nitrogen and oxygen atoms in total. The lowest BCUT2D eigenvalue weighted by atomic mass is 10.2. The monoisotopic (exact) mass is 341 g/mol. The minimum atomic E-state index is -0.340. The van der Waals surface area contributed by atoms with Crippen LogP contribution in [0, 0.1) is 0 Å². The topological polar surface area (TPSA) is 63.2 Å². The molecule has 0 spiro atoms. The van der Waals surface area contributed by atoms with Crippen LogP contribution in [-0.2, 0) is 4.79 Å². The summed E-state index contributed by atoms with van der Waals surface area (Å²) >= 11 is 0. The van der Waals surface area contributed by atoms with Gasteiger partial charge in [-0.2, -0.15) is 5.10 Å². The molecule has 0 unspecified atom stereocenters. The van der Waals surface area contributed by atoms with Crippen LogP contribution < -0.4 is 19.8 Å². The number of anilines is 1. The van der Waals surface area contributed by atoms with Gasteiger partial charge in [0.15, 0.2) is 18.1 Å². The number of para-hydroxylation sites is 2. The summed E-state index contributed by atoms with van der Waals surface area (Å²) in [5, 5.41) is 3.94. The zero-order valence-corrected chi connectivity index (χ0v) is 14.7. The Morgan fingerprint density at radius 2 is 1.72 bits per heavy atom.